The molecule has 3 aromatic heterocycles. The molecule has 4 aromatic rings. The van der Waals surface area contributed by atoms with Gasteiger partial charge in [-0.05, 0) is 31.5 Å². The fourth-order valence-corrected chi connectivity index (χ4v) is 4.63. The fourth-order valence-electron chi connectivity index (χ4n) is 3.59. The Bertz CT molecular complexity index is 1130. The Labute approximate surface area is 160 Å². The van der Waals surface area contributed by atoms with Crippen LogP contribution in [0.3, 0.4) is 0 Å². The molecular formula is C19H21N6OS+. The molecule has 7 nitrogen and oxygen atoms in total. The second-order valence-corrected chi connectivity index (χ2v) is 8.16. The largest absolute Gasteiger partial charge is 0.370 e. The Hall–Kier alpha value is -2.42. The van der Waals surface area contributed by atoms with Crippen molar-refractivity contribution in [2.24, 2.45) is 0 Å². The van der Waals surface area contributed by atoms with Crippen molar-refractivity contribution >= 4 is 32.6 Å². The number of para-hydroxylation sites is 1. The van der Waals surface area contributed by atoms with Crippen LogP contribution in [0, 0.1) is 13.8 Å². The highest BCUT2D eigenvalue weighted by atomic mass is 32.1. The lowest BCUT2D eigenvalue weighted by atomic mass is 10.2. The molecule has 1 fully saturated rings. The molecule has 27 heavy (non-hydrogen) atoms. The quantitative estimate of drug-likeness (QED) is 0.582. The molecule has 0 bridgehead atoms. The van der Waals surface area contributed by atoms with Gasteiger partial charge in [-0.25, -0.2) is 9.97 Å². The first-order valence-electron chi connectivity index (χ1n) is 9.19. The third kappa shape index (κ3) is 2.90. The first kappa shape index (κ1) is 16.7. The van der Waals surface area contributed by atoms with E-state index in [9.17, 15) is 0 Å². The van der Waals surface area contributed by atoms with Gasteiger partial charge in [0.2, 0.25) is 0 Å². The van der Waals surface area contributed by atoms with E-state index in [1.165, 1.54) is 15.3 Å². The molecular weight excluding hydrogens is 360 g/mol. The molecule has 1 N–H and O–H groups in total. The van der Waals surface area contributed by atoms with Crippen LogP contribution in [0.25, 0.3) is 27.1 Å². The standard InChI is InChI=1S/C19H20N6OS/c1-12-13(2)27-19-17(12)18(25-15-6-4-3-5-14(15)22-23-25)20-16(21-19)11-24-7-9-26-10-8-24/h3-6H,7-11H2,1-2H3/p+1. The van der Waals surface area contributed by atoms with Crippen LogP contribution >= 0.6 is 11.3 Å². The summed E-state index contributed by atoms with van der Waals surface area (Å²) in [5.74, 6) is 1.69. The topological polar surface area (TPSA) is 70.2 Å². The normalized spacial score (nSPS) is 15.8. The summed E-state index contributed by atoms with van der Waals surface area (Å²) in [6, 6.07) is 7.99. The molecule has 5 rings (SSSR count). The lowest BCUT2D eigenvalue weighted by Gasteiger charge is -2.23. The average molecular weight is 381 g/mol. The number of benzene rings is 1. The first-order chi connectivity index (χ1) is 13.2. The average Bonchev–Trinajstić information content (AvgIpc) is 3.23. The highest BCUT2D eigenvalue weighted by molar-refractivity contribution is 7.18. The SMILES string of the molecule is Cc1sc2nc(C[NH+]3CCOCC3)nc(-n3nnc4ccccc43)c2c1C. The highest BCUT2D eigenvalue weighted by Crippen LogP contribution is 2.33. The molecule has 0 unspecified atom stereocenters. The van der Waals surface area contributed by atoms with E-state index in [-0.39, 0.29) is 0 Å². The Kier molecular flexibility index (Phi) is 4.11. The summed E-state index contributed by atoms with van der Waals surface area (Å²) >= 11 is 1.73. The lowest BCUT2D eigenvalue weighted by molar-refractivity contribution is -0.922. The van der Waals surface area contributed by atoms with Crippen LogP contribution in [0.2, 0.25) is 0 Å². The van der Waals surface area contributed by atoms with E-state index in [2.05, 4.69) is 24.2 Å². The van der Waals surface area contributed by atoms with Crippen LogP contribution in [0.5, 0.6) is 0 Å². The van der Waals surface area contributed by atoms with Gasteiger partial charge in [-0.1, -0.05) is 17.3 Å². The molecule has 8 heteroatoms. The van der Waals surface area contributed by atoms with Crippen molar-refractivity contribution in [2.45, 2.75) is 20.4 Å². The molecule has 1 aromatic carbocycles. The number of aromatic nitrogens is 5. The second-order valence-electron chi connectivity index (χ2n) is 6.96. The number of morpholine rings is 1. The summed E-state index contributed by atoms with van der Waals surface area (Å²) in [5, 5.41) is 9.80. The molecule has 0 aliphatic carbocycles. The minimum atomic E-state index is 0.801. The number of nitrogens with zero attached hydrogens (tertiary/aromatic N) is 5. The molecule has 4 heterocycles. The summed E-state index contributed by atoms with van der Waals surface area (Å²) in [4.78, 5) is 13.6. The minimum absolute atomic E-state index is 0.801. The van der Waals surface area contributed by atoms with Gasteiger partial charge in [0.15, 0.2) is 11.6 Å². The lowest BCUT2D eigenvalue weighted by Crippen LogP contribution is -3.12. The second kappa shape index (κ2) is 6.63. The zero-order valence-corrected chi connectivity index (χ0v) is 16.2. The van der Waals surface area contributed by atoms with E-state index in [4.69, 9.17) is 14.7 Å². The van der Waals surface area contributed by atoms with Crippen LogP contribution in [0.4, 0.5) is 0 Å². The van der Waals surface area contributed by atoms with Crippen LogP contribution < -0.4 is 4.90 Å². The van der Waals surface area contributed by atoms with Crippen molar-refractivity contribution in [3.8, 4) is 5.82 Å². The van der Waals surface area contributed by atoms with Gasteiger partial charge in [-0.2, -0.15) is 4.68 Å². The van der Waals surface area contributed by atoms with E-state index in [1.54, 1.807) is 11.3 Å². The van der Waals surface area contributed by atoms with Crippen molar-refractivity contribution in [3.05, 3.63) is 40.5 Å². The first-order valence-corrected chi connectivity index (χ1v) is 10.0. The summed E-state index contributed by atoms with van der Waals surface area (Å²) in [5.41, 5.74) is 3.05. The molecule has 0 radical (unpaired) electrons. The van der Waals surface area contributed by atoms with Crippen LogP contribution in [0.15, 0.2) is 24.3 Å². The van der Waals surface area contributed by atoms with E-state index in [0.717, 1.165) is 65.7 Å². The number of ether oxygens (including phenoxy) is 1. The van der Waals surface area contributed by atoms with Gasteiger partial charge in [-0.15, -0.1) is 16.4 Å². The number of fused-ring (bicyclic) bond motifs is 2. The number of quaternary nitrogens is 1. The van der Waals surface area contributed by atoms with Crippen LogP contribution in [-0.2, 0) is 11.3 Å². The predicted octanol–water partition coefficient (Wildman–Crippen LogP) is 1.46. The molecule has 1 saturated heterocycles. The molecule has 0 saturated carbocycles. The van der Waals surface area contributed by atoms with Crippen molar-refractivity contribution in [3.63, 3.8) is 0 Å². The van der Waals surface area contributed by atoms with Gasteiger partial charge in [0.25, 0.3) is 0 Å². The number of nitrogens with one attached hydrogen (secondary N) is 1. The number of rotatable bonds is 3. The van der Waals surface area contributed by atoms with Gasteiger partial charge < -0.3 is 9.64 Å². The molecule has 0 amide bonds. The Morgan fingerprint density at radius 1 is 1.15 bits per heavy atom. The summed E-state index contributed by atoms with van der Waals surface area (Å²) in [6.07, 6.45) is 0. The maximum absolute atomic E-state index is 5.48. The van der Waals surface area contributed by atoms with Crippen molar-refractivity contribution in [1.29, 1.82) is 0 Å². The predicted molar refractivity (Wildman–Crippen MR) is 105 cm³/mol. The van der Waals surface area contributed by atoms with Crippen LogP contribution in [0.1, 0.15) is 16.3 Å². The monoisotopic (exact) mass is 381 g/mol. The van der Waals surface area contributed by atoms with Gasteiger partial charge >= 0.3 is 0 Å². The zero-order valence-electron chi connectivity index (χ0n) is 15.4. The zero-order chi connectivity index (χ0) is 18.4. The van der Waals surface area contributed by atoms with E-state index in [1.807, 2.05) is 28.9 Å². The Morgan fingerprint density at radius 3 is 2.81 bits per heavy atom. The van der Waals surface area contributed by atoms with Gasteiger partial charge in [0, 0.05) is 4.88 Å². The van der Waals surface area contributed by atoms with Crippen molar-refractivity contribution in [2.75, 3.05) is 26.3 Å². The third-order valence-electron chi connectivity index (χ3n) is 5.22. The van der Waals surface area contributed by atoms with Gasteiger partial charge in [-0.3, -0.25) is 0 Å². The highest BCUT2D eigenvalue weighted by Gasteiger charge is 2.21. The van der Waals surface area contributed by atoms with E-state index in [0.29, 0.717) is 0 Å². The maximum Gasteiger partial charge on any atom is 0.187 e. The summed E-state index contributed by atoms with van der Waals surface area (Å²) in [7, 11) is 0. The van der Waals surface area contributed by atoms with Gasteiger partial charge in [0.1, 0.15) is 30.0 Å². The third-order valence-corrected chi connectivity index (χ3v) is 6.32. The van der Waals surface area contributed by atoms with Crippen molar-refractivity contribution in [1.82, 2.24) is 25.0 Å². The van der Waals surface area contributed by atoms with E-state index >= 15 is 0 Å². The maximum atomic E-state index is 5.48. The minimum Gasteiger partial charge on any atom is -0.370 e. The van der Waals surface area contributed by atoms with E-state index < -0.39 is 0 Å². The molecule has 0 atom stereocenters. The summed E-state index contributed by atoms with van der Waals surface area (Å²) in [6.45, 7) is 8.65. The Morgan fingerprint density at radius 2 is 1.96 bits per heavy atom. The number of thiophene rings is 1. The number of hydrogen-bond donors (Lipinski definition) is 1. The number of aryl methyl sites for hydroxylation is 2. The smallest absolute Gasteiger partial charge is 0.187 e. The molecule has 1 aliphatic heterocycles. The fraction of sp³-hybridized carbons (Fsp3) is 0.368. The van der Waals surface area contributed by atoms with Gasteiger partial charge in [0.05, 0.1) is 24.1 Å². The molecule has 0 spiro atoms. The van der Waals surface area contributed by atoms with Crippen LogP contribution in [-0.4, -0.2) is 51.3 Å². The Balaban J connectivity index is 1.69. The molecule has 138 valence electrons. The molecule has 1 aliphatic rings. The van der Waals surface area contributed by atoms with Crippen molar-refractivity contribution < 1.29 is 9.64 Å². The summed E-state index contributed by atoms with van der Waals surface area (Å²) < 4.78 is 7.33. The number of hydrogen-bond acceptors (Lipinski definition) is 6.